The lowest BCUT2D eigenvalue weighted by molar-refractivity contribution is -0.387. The first-order chi connectivity index (χ1) is 9.06. The van der Waals surface area contributed by atoms with Crippen molar-refractivity contribution >= 4 is 5.69 Å². The number of rotatable bonds is 7. The third-order valence-electron chi connectivity index (χ3n) is 2.55. The monoisotopic (exact) mass is 268 g/mol. The molecule has 0 radical (unpaired) electrons. The quantitative estimate of drug-likeness (QED) is 0.358. The van der Waals surface area contributed by atoms with Gasteiger partial charge in [-0.25, -0.2) is 4.39 Å². The van der Waals surface area contributed by atoms with E-state index >= 15 is 0 Å². The van der Waals surface area contributed by atoms with Crippen LogP contribution in [0.15, 0.2) is 12.1 Å². The summed E-state index contributed by atoms with van der Waals surface area (Å²) in [5, 5.41) is 13.5. The van der Waals surface area contributed by atoms with Crippen molar-refractivity contribution in [2.75, 3.05) is 6.54 Å². The highest BCUT2D eigenvalue weighted by atomic mass is 19.1. The van der Waals surface area contributed by atoms with Gasteiger partial charge >= 0.3 is 5.69 Å². The molecule has 0 fully saturated rings. The number of halogens is 2. The predicted octanol–water partition coefficient (Wildman–Crippen LogP) is 2.77. The molecule has 0 saturated carbocycles. The zero-order chi connectivity index (χ0) is 14.3. The summed E-state index contributed by atoms with van der Waals surface area (Å²) >= 11 is 0. The van der Waals surface area contributed by atoms with E-state index in [1.54, 1.807) is 0 Å². The normalized spacial score (nSPS) is 10.2. The second-order valence-electron chi connectivity index (χ2n) is 3.99. The summed E-state index contributed by atoms with van der Waals surface area (Å²) in [5.41, 5.74) is -0.643. The van der Waals surface area contributed by atoms with Crippen molar-refractivity contribution < 1.29 is 13.7 Å². The van der Waals surface area contributed by atoms with Crippen LogP contribution >= 0.6 is 0 Å². The molecule has 0 aliphatic carbocycles. The molecular formula is C13H14F2N2O2. The van der Waals surface area contributed by atoms with Gasteiger partial charge < -0.3 is 5.32 Å². The van der Waals surface area contributed by atoms with Gasteiger partial charge in [0.1, 0.15) is 5.82 Å². The molecule has 0 amide bonds. The van der Waals surface area contributed by atoms with E-state index in [0.29, 0.717) is 19.0 Å². The van der Waals surface area contributed by atoms with E-state index in [2.05, 4.69) is 11.2 Å². The molecule has 6 heteroatoms. The number of terminal acetylenes is 1. The standard InChI is InChI=1S/C13H14F2N2O2/c1-2-3-4-5-6-16-9-10-7-13(17(18)19)12(15)8-11(10)14/h1,7-8,16H,3-6,9H2. The summed E-state index contributed by atoms with van der Waals surface area (Å²) in [5.74, 6) is 0.548. The zero-order valence-electron chi connectivity index (χ0n) is 10.3. The van der Waals surface area contributed by atoms with Gasteiger partial charge in [-0.3, -0.25) is 10.1 Å². The summed E-state index contributed by atoms with van der Waals surface area (Å²) in [6, 6.07) is 1.45. The van der Waals surface area contributed by atoms with Crippen LogP contribution < -0.4 is 5.32 Å². The first-order valence-electron chi connectivity index (χ1n) is 5.82. The van der Waals surface area contributed by atoms with Gasteiger partial charge in [0.25, 0.3) is 0 Å². The fraction of sp³-hybridized carbons (Fsp3) is 0.385. The molecule has 0 aromatic heterocycles. The molecule has 1 rings (SSSR count). The fourth-order valence-electron chi connectivity index (χ4n) is 1.56. The summed E-state index contributed by atoms with van der Waals surface area (Å²) in [6.45, 7) is 0.731. The first kappa shape index (κ1) is 15.1. The van der Waals surface area contributed by atoms with E-state index in [1.807, 2.05) is 0 Å². The number of nitro benzene ring substituents is 1. The van der Waals surface area contributed by atoms with Crippen molar-refractivity contribution in [3.05, 3.63) is 39.4 Å². The molecule has 1 aromatic carbocycles. The van der Waals surface area contributed by atoms with Crippen LogP contribution in [-0.4, -0.2) is 11.5 Å². The molecule has 19 heavy (non-hydrogen) atoms. The highest BCUT2D eigenvalue weighted by Crippen LogP contribution is 2.21. The number of nitrogens with zero attached hydrogens (tertiary/aromatic N) is 1. The molecule has 0 spiro atoms. The number of nitrogens with one attached hydrogen (secondary N) is 1. The van der Waals surface area contributed by atoms with Gasteiger partial charge in [-0.2, -0.15) is 4.39 Å². The van der Waals surface area contributed by atoms with Gasteiger partial charge in [0.05, 0.1) is 4.92 Å². The molecule has 0 heterocycles. The van der Waals surface area contributed by atoms with Crippen LogP contribution in [-0.2, 0) is 6.54 Å². The van der Waals surface area contributed by atoms with Crippen molar-refractivity contribution in [1.82, 2.24) is 5.32 Å². The van der Waals surface area contributed by atoms with Gasteiger partial charge in [0, 0.05) is 30.7 Å². The number of unbranched alkanes of at least 4 members (excludes halogenated alkanes) is 2. The predicted molar refractivity (Wildman–Crippen MR) is 67.4 cm³/mol. The minimum atomic E-state index is -1.17. The maximum atomic E-state index is 13.4. The number of hydrogen-bond acceptors (Lipinski definition) is 3. The lowest BCUT2D eigenvalue weighted by Crippen LogP contribution is -2.16. The maximum Gasteiger partial charge on any atom is 0.305 e. The summed E-state index contributed by atoms with van der Waals surface area (Å²) in [6.07, 6.45) is 7.46. The zero-order valence-corrected chi connectivity index (χ0v) is 10.3. The van der Waals surface area contributed by atoms with E-state index < -0.39 is 22.2 Å². The van der Waals surface area contributed by atoms with E-state index in [9.17, 15) is 18.9 Å². The van der Waals surface area contributed by atoms with Crippen LogP contribution in [0.2, 0.25) is 0 Å². The largest absolute Gasteiger partial charge is 0.313 e. The molecule has 1 N–H and O–H groups in total. The minimum absolute atomic E-state index is 0.0741. The van der Waals surface area contributed by atoms with Gasteiger partial charge in [-0.1, -0.05) is 0 Å². The lowest BCUT2D eigenvalue weighted by atomic mass is 10.1. The van der Waals surface area contributed by atoms with E-state index in [1.165, 1.54) is 0 Å². The Morgan fingerprint density at radius 1 is 1.32 bits per heavy atom. The van der Waals surface area contributed by atoms with Crippen LogP contribution in [0.1, 0.15) is 24.8 Å². The summed E-state index contributed by atoms with van der Waals surface area (Å²) in [4.78, 5) is 9.67. The Bertz CT molecular complexity index is 498. The Labute approximate surface area is 110 Å². The van der Waals surface area contributed by atoms with Crippen LogP contribution in [0.4, 0.5) is 14.5 Å². The lowest BCUT2D eigenvalue weighted by Gasteiger charge is -2.06. The number of benzene rings is 1. The van der Waals surface area contributed by atoms with Crippen LogP contribution in [0.3, 0.4) is 0 Å². The molecule has 0 aliphatic rings. The Hall–Kier alpha value is -2.00. The second kappa shape index (κ2) is 7.44. The molecule has 102 valence electrons. The Kier molecular flexibility index (Phi) is 5.90. The molecule has 1 aromatic rings. The Morgan fingerprint density at radius 3 is 2.68 bits per heavy atom. The third-order valence-corrected chi connectivity index (χ3v) is 2.55. The van der Waals surface area contributed by atoms with Crippen molar-refractivity contribution in [2.24, 2.45) is 0 Å². The van der Waals surface area contributed by atoms with Crippen molar-refractivity contribution in [2.45, 2.75) is 25.8 Å². The molecule has 0 saturated heterocycles. The molecule has 0 atom stereocenters. The average molecular weight is 268 g/mol. The second-order valence-corrected chi connectivity index (χ2v) is 3.99. The topological polar surface area (TPSA) is 55.2 Å². The average Bonchev–Trinajstić information content (AvgIpc) is 2.35. The SMILES string of the molecule is C#CCCCCNCc1cc([N+](=O)[O-])c(F)cc1F. The van der Waals surface area contributed by atoms with Crippen molar-refractivity contribution in [3.8, 4) is 12.3 Å². The van der Waals surface area contributed by atoms with Gasteiger partial charge in [-0.05, 0) is 19.4 Å². The highest BCUT2D eigenvalue weighted by Gasteiger charge is 2.17. The molecule has 0 bridgehead atoms. The summed E-state index contributed by atoms with van der Waals surface area (Å²) in [7, 11) is 0. The van der Waals surface area contributed by atoms with E-state index in [4.69, 9.17) is 6.42 Å². The molecular weight excluding hydrogens is 254 g/mol. The molecule has 4 nitrogen and oxygen atoms in total. The van der Waals surface area contributed by atoms with Crippen molar-refractivity contribution in [3.63, 3.8) is 0 Å². The summed E-state index contributed by atoms with van der Waals surface area (Å²) < 4.78 is 26.5. The highest BCUT2D eigenvalue weighted by molar-refractivity contribution is 5.37. The van der Waals surface area contributed by atoms with Crippen LogP contribution in [0.5, 0.6) is 0 Å². The van der Waals surface area contributed by atoms with Gasteiger partial charge in [0.2, 0.25) is 5.82 Å². The Morgan fingerprint density at radius 2 is 2.05 bits per heavy atom. The van der Waals surface area contributed by atoms with Gasteiger partial charge in [0.15, 0.2) is 0 Å². The maximum absolute atomic E-state index is 13.4. The molecule has 0 aliphatic heterocycles. The smallest absolute Gasteiger partial charge is 0.305 e. The van der Waals surface area contributed by atoms with Crippen LogP contribution in [0, 0.1) is 34.1 Å². The number of hydrogen-bond donors (Lipinski definition) is 1. The fourth-order valence-corrected chi connectivity index (χ4v) is 1.56. The van der Waals surface area contributed by atoms with Crippen LogP contribution in [0.25, 0.3) is 0 Å². The van der Waals surface area contributed by atoms with Gasteiger partial charge in [-0.15, -0.1) is 12.3 Å². The van der Waals surface area contributed by atoms with E-state index in [-0.39, 0.29) is 12.1 Å². The van der Waals surface area contributed by atoms with Crippen molar-refractivity contribution in [1.29, 1.82) is 0 Å². The molecule has 0 unspecified atom stereocenters. The minimum Gasteiger partial charge on any atom is -0.313 e. The third kappa shape index (κ3) is 4.64. The Balaban J connectivity index is 2.56. The first-order valence-corrected chi connectivity index (χ1v) is 5.82. The van der Waals surface area contributed by atoms with E-state index in [0.717, 1.165) is 18.9 Å². The number of nitro groups is 1.